The van der Waals surface area contributed by atoms with E-state index in [4.69, 9.17) is 4.74 Å². The third-order valence-electron chi connectivity index (χ3n) is 2.71. The van der Waals surface area contributed by atoms with E-state index in [9.17, 15) is 9.90 Å². The van der Waals surface area contributed by atoms with Gasteiger partial charge in [0.15, 0.2) is 0 Å². The van der Waals surface area contributed by atoms with E-state index in [1.54, 1.807) is 0 Å². The minimum absolute atomic E-state index is 0.350. The zero-order chi connectivity index (χ0) is 13.7. The molecule has 1 rings (SSSR count). The number of aliphatic hydroxyl groups excluding tert-OH is 1. The summed E-state index contributed by atoms with van der Waals surface area (Å²) in [6.45, 7) is 2.05. The van der Waals surface area contributed by atoms with Crippen molar-refractivity contribution in [1.82, 2.24) is 0 Å². The van der Waals surface area contributed by atoms with Gasteiger partial charge in [-0.05, 0) is 44.3 Å². The lowest BCUT2D eigenvalue weighted by molar-refractivity contribution is -0.150. The van der Waals surface area contributed by atoms with Crippen LogP contribution < -0.4 is 0 Å². The maximum absolute atomic E-state index is 11.7. The third-order valence-corrected chi connectivity index (χ3v) is 6.04. The Bertz CT molecular complexity index is 387. The SMILES string of the molecule is CCCCC(C(=O)OC)C(O)c1cc(Br)c(Br)s1. The first kappa shape index (κ1) is 16.1. The number of methoxy groups -OCH3 is 1. The van der Waals surface area contributed by atoms with Gasteiger partial charge in [0.1, 0.15) is 6.10 Å². The highest BCUT2D eigenvalue weighted by Gasteiger charge is 2.29. The highest BCUT2D eigenvalue weighted by molar-refractivity contribution is 9.13. The smallest absolute Gasteiger partial charge is 0.311 e. The predicted molar refractivity (Wildman–Crippen MR) is 79.7 cm³/mol. The quantitative estimate of drug-likeness (QED) is 0.726. The maximum atomic E-state index is 11.7. The molecule has 102 valence electrons. The van der Waals surface area contributed by atoms with Crippen LogP contribution in [0.4, 0.5) is 0 Å². The molecule has 0 radical (unpaired) electrons. The summed E-state index contributed by atoms with van der Waals surface area (Å²) in [6, 6.07) is 1.83. The van der Waals surface area contributed by atoms with Crippen molar-refractivity contribution in [2.75, 3.05) is 7.11 Å². The molecule has 2 atom stereocenters. The van der Waals surface area contributed by atoms with Gasteiger partial charge in [-0.2, -0.15) is 0 Å². The zero-order valence-corrected chi connectivity index (χ0v) is 14.3. The number of hydrogen-bond donors (Lipinski definition) is 1. The molecule has 0 spiro atoms. The molecule has 1 heterocycles. The Morgan fingerprint density at radius 2 is 2.22 bits per heavy atom. The average molecular weight is 400 g/mol. The number of halogens is 2. The average Bonchev–Trinajstić information content (AvgIpc) is 2.69. The minimum Gasteiger partial charge on any atom is -0.469 e. The molecule has 0 aliphatic carbocycles. The Morgan fingerprint density at radius 3 is 2.67 bits per heavy atom. The van der Waals surface area contributed by atoms with Crippen LogP contribution in [0.15, 0.2) is 14.3 Å². The summed E-state index contributed by atoms with van der Waals surface area (Å²) in [5, 5.41) is 10.3. The summed E-state index contributed by atoms with van der Waals surface area (Å²) < 4.78 is 6.57. The first-order chi connectivity index (χ1) is 8.51. The molecule has 0 amide bonds. The Labute approximate surface area is 128 Å². The molecule has 6 heteroatoms. The van der Waals surface area contributed by atoms with Crippen LogP contribution in [0.25, 0.3) is 0 Å². The summed E-state index contributed by atoms with van der Waals surface area (Å²) in [6.07, 6.45) is 1.71. The lowest BCUT2D eigenvalue weighted by Gasteiger charge is -2.19. The molecule has 3 nitrogen and oxygen atoms in total. The van der Waals surface area contributed by atoms with Crippen molar-refractivity contribution in [2.24, 2.45) is 5.92 Å². The van der Waals surface area contributed by atoms with Crippen LogP contribution in [0.5, 0.6) is 0 Å². The number of thiophene rings is 1. The van der Waals surface area contributed by atoms with Gasteiger partial charge in [0.05, 0.1) is 16.8 Å². The number of rotatable bonds is 6. The Kier molecular flexibility index (Phi) is 6.84. The van der Waals surface area contributed by atoms with E-state index >= 15 is 0 Å². The molecule has 0 aliphatic heterocycles. The lowest BCUT2D eigenvalue weighted by Crippen LogP contribution is -2.23. The van der Waals surface area contributed by atoms with Crippen molar-refractivity contribution in [3.05, 3.63) is 19.2 Å². The largest absolute Gasteiger partial charge is 0.469 e. The van der Waals surface area contributed by atoms with Crippen molar-refractivity contribution < 1.29 is 14.6 Å². The van der Waals surface area contributed by atoms with Crippen LogP contribution in [-0.4, -0.2) is 18.2 Å². The zero-order valence-electron chi connectivity index (χ0n) is 10.3. The molecule has 1 aromatic rings. The second-order valence-corrected chi connectivity index (χ2v) is 7.24. The van der Waals surface area contributed by atoms with Gasteiger partial charge in [0, 0.05) is 9.35 Å². The second kappa shape index (κ2) is 7.62. The fraction of sp³-hybridized carbons (Fsp3) is 0.583. The number of hydrogen-bond acceptors (Lipinski definition) is 4. The van der Waals surface area contributed by atoms with Crippen LogP contribution in [-0.2, 0) is 9.53 Å². The first-order valence-corrected chi connectivity index (χ1v) is 8.12. The molecule has 0 bridgehead atoms. The number of carbonyl (C=O) groups excluding carboxylic acids is 1. The normalized spacial score (nSPS) is 14.3. The van der Waals surface area contributed by atoms with Gasteiger partial charge >= 0.3 is 5.97 Å². The molecular weight excluding hydrogens is 384 g/mol. The van der Waals surface area contributed by atoms with Gasteiger partial charge in [-0.25, -0.2) is 0 Å². The van der Waals surface area contributed by atoms with Gasteiger partial charge in [-0.3, -0.25) is 4.79 Å². The van der Waals surface area contributed by atoms with Crippen LogP contribution >= 0.6 is 43.2 Å². The van der Waals surface area contributed by atoms with Crippen LogP contribution in [0.1, 0.15) is 37.2 Å². The van der Waals surface area contributed by atoms with E-state index in [2.05, 4.69) is 38.8 Å². The number of carbonyl (C=O) groups is 1. The van der Waals surface area contributed by atoms with Crippen molar-refractivity contribution in [3.8, 4) is 0 Å². The standard InChI is InChI=1S/C12H16Br2O3S/c1-3-4-5-7(12(16)17-2)10(15)9-6-8(13)11(14)18-9/h6-7,10,15H,3-5H2,1-2H3. The van der Waals surface area contributed by atoms with Crippen molar-refractivity contribution >= 4 is 49.2 Å². The van der Waals surface area contributed by atoms with Gasteiger partial charge in [0.25, 0.3) is 0 Å². The molecule has 18 heavy (non-hydrogen) atoms. The van der Waals surface area contributed by atoms with Crippen molar-refractivity contribution in [1.29, 1.82) is 0 Å². The molecule has 2 unspecified atom stereocenters. The van der Waals surface area contributed by atoms with Gasteiger partial charge < -0.3 is 9.84 Å². The van der Waals surface area contributed by atoms with E-state index in [1.807, 2.05) is 6.07 Å². The summed E-state index contributed by atoms with van der Waals surface area (Å²) in [7, 11) is 1.36. The fourth-order valence-electron chi connectivity index (χ4n) is 1.69. The maximum Gasteiger partial charge on any atom is 0.311 e. The summed E-state index contributed by atoms with van der Waals surface area (Å²) in [5.41, 5.74) is 0. The number of unbranched alkanes of at least 4 members (excludes halogenated alkanes) is 1. The van der Waals surface area contributed by atoms with Crippen LogP contribution in [0, 0.1) is 5.92 Å². The summed E-state index contributed by atoms with van der Waals surface area (Å²) in [4.78, 5) is 12.5. The molecule has 0 saturated heterocycles. The third kappa shape index (κ3) is 4.05. The van der Waals surface area contributed by atoms with Gasteiger partial charge in [-0.1, -0.05) is 19.8 Å². The Morgan fingerprint density at radius 1 is 1.56 bits per heavy atom. The summed E-state index contributed by atoms with van der Waals surface area (Å²) in [5.74, 6) is -0.844. The van der Waals surface area contributed by atoms with Crippen LogP contribution in [0.3, 0.4) is 0 Å². The number of esters is 1. The second-order valence-electron chi connectivity index (χ2n) is 3.99. The van der Waals surface area contributed by atoms with Crippen molar-refractivity contribution in [3.63, 3.8) is 0 Å². The minimum atomic E-state index is -0.809. The molecule has 0 aromatic carbocycles. The molecule has 0 aliphatic rings. The predicted octanol–water partition coefficient (Wildman–Crippen LogP) is 4.29. The van der Waals surface area contributed by atoms with Gasteiger partial charge in [0.2, 0.25) is 0 Å². The molecular formula is C12H16Br2O3S. The highest BCUT2D eigenvalue weighted by atomic mass is 79.9. The Hall–Kier alpha value is 0.0900. The van der Waals surface area contributed by atoms with E-state index < -0.39 is 12.0 Å². The monoisotopic (exact) mass is 398 g/mol. The van der Waals surface area contributed by atoms with E-state index in [0.717, 1.165) is 26.0 Å². The first-order valence-electron chi connectivity index (χ1n) is 5.71. The van der Waals surface area contributed by atoms with Crippen LogP contribution in [0.2, 0.25) is 0 Å². The highest BCUT2D eigenvalue weighted by Crippen LogP contribution is 2.39. The Balaban J connectivity index is 2.86. The lowest BCUT2D eigenvalue weighted by atomic mass is 9.95. The molecule has 0 saturated carbocycles. The number of aliphatic hydroxyl groups is 1. The van der Waals surface area contributed by atoms with Gasteiger partial charge in [-0.15, -0.1) is 11.3 Å². The molecule has 0 fully saturated rings. The molecule has 1 aromatic heterocycles. The summed E-state index contributed by atoms with van der Waals surface area (Å²) >= 11 is 8.19. The van der Waals surface area contributed by atoms with E-state index in [0.29, 0.717) is 6.42 Å². The fourth-order valence-corrected chi connectivity index (χ4v) is 3.83. The number of ether oxygens (including phenoxy) is 1. The molecule has 1 N–H and O–H groups in total. The van der Waals surface area contributed by atoms with E-state index in [1.165, 1.54) is 18.4 Å². The topological polar surface area (TPSA) is 46.5 Å². The van der Waals surface area contributed by atoms with Crippen molar-refractivity contribution in [2.45, 2.75) is 32.3 Å². The van der Waals surface area contributed by atoms with E-state index in [-0.39, 0.29) is 5.97 Å².